The minimum Gasteiger partial charge on any atom is -0.385 e. The van der Waals surface area contributed by atoms with Crippen LogP contribution in [0.5, 0.6) is 0 Å². The summed E-state index contributed by atoms with van der Waals surface area (Å²) < 4.78 is 1.70. The Bertz CT molecular complexity index is 512. The van der Waals surface area contributed by atoms with Crippen LogP contribution in [0, 0.1) is 0 Å². The van der Waals surface area contributed by atoms with Gasteiger partial charge in [-0.05, 0) is 0 Å². The van der Waals surface area contributed by atoms with Crippen LogP contribution >= 0.6 is 0 Å². The molecule has 0 unspecified atom stereocenters. The first-order valence-corrected chi connectivity index (χ1v) is 5.32. The molecule has 0 saturated heterocycles. The molecule has 0 radical (unpaired) electrons. The molecule has 0 bridgehead atoms. The highest BCUT2D eigenvalue weighted by atomic mass is 16.3. The Kier molecular flexibility index (Phi) is 3.57. The van der Waals surface area contributed by atoms with E-state index in [-0.39, 0.29) is 18.9 Å². The summed E-state index contributed by atoms with van der Waals surface area (Å²) in [6, 6.07) is 9.09. The van der Waals surface area contributed by atoms with Crippen LogP contribution in [0.25, 0.3) is 0 Å². The lowest BCUT2D eigenvalue weighted by Gasteiger charge is -2.00. The third kappa shape index (κ3) is 2.73. The van der Waals surface area contributed by atoms with E-state index in [1.165, 1.54) is 0 Å². The van der Waals surface area contributed by atoms with Gasteiger partial charge in [-0.3, -0.25) is 9.78 Å². The summed E-state index contributed by atoms with van der Waals surface area (Å²) in [5, 5.41) is 9.13. The van der Waals surface area contributed by atoms with Crippen LogP contribution < -0.4 is 4.57 Å². The second-order valence-corrected chi connectivity index (χ2v) is 3.64. The molecule has 86 valence electrons. The van der Waals surface area contributed by atoms with Gasteiger partial charge in [-0.15, -0.1) is 0 Å². The molecule has 0 saturated carbocycles. The number of ketones is 1. The maximum atomic E-state index is 12.0. The summed E-state index contributed by atoms with van der Waals surface area (Å²) in [5.41, 5.74) is 1.29. The highest BCUT2D eigenvalue weighted by Gasteiger charge is 2.15. The maximum absolute atomic E-state index is 12.0. The second kappa shape index (κ2) is 5.32. The molecular formula is C13H13N2O2+. The van der Waals surface area contributed by atoms with Crippen LogP contribution in [0.4, 0.5) is 0 Å². The largest absolute Gasteiger partial charge is 0.385 e. The van der Waals surface area contributed by atoms with Gasteiger partial charge in [0.05, 0.1) is 12.4 Å². The smallest absolute Gasteiger partial charge is 0.227 e. The Hall–Kier alpha value is -2.07. The number of hydrogen-bond donors (Lipinski definition) is 1. The molecule has 4 heteroatoms. The molecular weight excluding hydrogens is 216 g/mol. The minimum absolute atomic E-state index is 0.0106. The van der Waals surface area contributed by atoms with Crippen LogP contribution in [0.2, 0.25) is 0 Å². The van der Waals surface area contributed by atoms with Crippen molar-refractivity contribution in [3.63, 3.8) is 0 Å². The highest BCUT2D eigenvalue weighted by molar-refractivity contribution is 5.94. The van der Waals surface area contributed by atoms with Crippen molar-refractivity contribution >= 4 is 5.78 Å². The molecule has 0 fully saturated rings. The van der Waals surface area contributed by atoms with E-state index in [0.29, 0.717) is 11.3 Å². The molecule has 0 atom stereocenters. The van der Waals surface area contributed by atoms with E-state index in [0.717, 1.165) is 0 Å². The molecule has 17 heavy (non-hydrogen) atoms. The number of hydrogen-bond acceptors (Lipinski definition) is 3. The molecule has 1 N–H and O–H groups in total. The first kappa shape index (κ1) is 11.4. The van der Waals surface area contributed by atoms with Gasteiger partial charge in [0, 0.05) is 5.56 Å². The summed E-state index contributed by atoms with van der Waals surface area (Å²) in [6.45, 7) is 0.0817. The van der Waals surface area contributed by atoms with E-state index >= 15 is 0 Å². The predicted octanol–water partition coefficient (Wildman–Crippen LogP) is 0.744. The van der Waals surface area contributed by atoms with E-state index in [9.17, 15) is 4.79 Å². The first-order chi connectivity index (χ1) is 8.31. The summed E-state index contributed by atoms with van der Waals surface area (Å²) in [6.07, 6.45) is 4.84. The molecule has 0 aliphatic carbocycles. The molecule has 2 aromatic rings. The van der Waals surface area contributed by atoms with Crippen molar-refractivity contribution < 1.29 is 14.5 Å². The summed E-state index contributed by atoms with van der Waals surface area (Å²) in [7, 11) is 0. The Morgan fingerprint density at radius 2 is 2.06 bits per heavy atom. The van der Waals surface area contributed by atoms with Crippen molar-refractivity contribution in [2.45, 2.75) is 13.2 Å². The van der Waals surface area contributed by atoms with Gasteiger partial charge in [0.1, 0.15) is 6.61 Å². The first-order valence-electron chi connectivity index (χ1n) is 5.32. The molecule has 2 rings (SSSR count). The fraction of sp³-hybridized carbons (Fsp3) is 0.154. The number of aliphatic hydroxyl groups excluding tert-OH is 1. The van der Waals surface area contributed by atoms with Crippen molar-refractivity contribution in [1.29, 1.82) is 0 Å². The van der Waals surface area contributed by atoms with Gasteiger partial charge in [0.15, 0.2) is 6.20 Å². The average Bonchev–Trinajstić information content (AvgIpc) is 2.40. The van der Waals surface area contributed by atoms with Crippen molar-refractivity contribution in [3.8, 4) is 0 Å². The number of aromatic nitrogens is 2. The van der Waals surface area contributed by atoms with Crippen molar-refractivity contribution in [2.24, 2.45) is 0 Å². The summed E-state index contributed by atoms with van der Waals surface area (Å²) >= 11 is 0. The molecule has 4 nitrogen and oxygen atoms in total. The number of rotatable bonds is 4. The lowest BCUT2D eigenvalue weighted by atomic mass is 10.1. The van der Waals surface area contributed by atoms with Gasteiger partial charge >= 0.3 is 0 Å². The monoisotopic (exact) mass is 229 g/mol. The molecule has 0 amide bonds. The average molecular weight is 229 g/mol. The van der Waals surface area contributed by atoms with Gasteiger partial charge in [-0.2, -0.15) is 4.57 Å². The van der Waals surface area contributed by atoms with Crippen LogP contribution in [0.3, 0.4) is 0 Å². The van der Waals surface area contributed by atoms with Crippen molar-refractivity contribution in [1.82, 2.24) is 4.98 Å². The number of carbonyl (C=O) groups excluding carboxylic acids is 1. The number of Topliss-reactive ketones (excluding diaryl/α,β-unsaturated/α-hetero) is 1. The quantitative estimate of drug-likeness (QED) is 0.621. The van der Waals surface area contributed by atoms with Gasteiger partial charge in [0.2, 0.25) is 18.0 Å². The zero-order chi connectivity index (χ0) is 12.1. The van der Waals surface area contributed by atoms with Gasteiger partial charge in [-0.25, -0.2) is 0 Å². The molecule has 1 aromatic carbocycles. The van der Waals surface area contributed by atoms with Gasteiger partial charge in [-0.1, -0.05) is 30.3 Å². The summed E-state index contributed by atoms with van der Waals surface area (Å²) in [4.78, 5) is 15.9. The molecule has 0 aliphatic heterocycles. The zero-order valence-corrected chi connectivity index (χ0v) is 9.28. The van der Waals surface area contributed by atoms with E-state index in [1.54, 1.807) is 35.3 Å². The Morgan fingerprint density at radius 1 is 1.29 bits per heavy atom. The number of benzene rings is 1. The topological polar surface area (TPSA) is 54.1 Å². The molecule has 1 heterocycles. The standard InChI is InChI=1S/C13H13N2O2/c16-10-12-8-14-6-7-15(12)9-13(17)11-4-2-1-3-5-11/h1-8,16H,9-10H2/q+1. The van der Waals surface area contributed by atoms with Crippen LogP contribution in [0.1, 0.15) is 16.1 Å². The molecule has 1 aromatic heterocycles. The lowest BCUT2D eigenvalue weighted by Crippen LogP contribution is -2.41. The fourth-order valence-electron chi connectivity index (χ4n) is 1.57. The number of nitrogens with zero attached hydrogens (tertiary/aromatic N) is 2. The van der Waals surface area contributed by atoms with Gasteiger partial charge in [0.25, 0.3) is 0 Å². The fourth-order valence-corrected chi connectivity index (χ4v) is 1.57. The van der Waals surface area contributed by atoms with Crippen LogP contribution in [-0.2, 0) is 13.2 Å². The third-order valence-corrected chi connectivity index (χ3v) is 2.50. The van der Waals surface area contributed by atoms with E-state index in [2.05, 4.69) is 4.98 Å². The second-order valence-electron chi connectivity index (χ2n) is 3.64. The third-order valence-electron chi connectivity index (χ3n) is 2.50. The Morgan fingerprint density at radius 3 is 2.76 bits per heavy atom. The normalized spacial score (nSPS) is 10.2. The number of aliphatic hydroxyl groups is 1. The molecule has 0 aliphatic rings. The van der Waals surface area contributed by atoms with Crippen LogP contribution in [-0.4, -0.2) is 15.9 Å². The van der Waals surface area contributed by atoms with Gasteiger partial charge < -0.3 is 5.11 Å². The van der Waals surface area contributed by atoms with E-state index in [4.69, 9.17) is 5.11 Å². The zero-order valence-electron chi connectivity index (χ0n) is 9.28. The minimum atomic E-state index is -0.129. The Labute approximate surface area is 99.2 Å². The number of carbonyl (C=O) groups is 1. The van der Waals surface area contributed by atoms with Crippen LogP contribution in [0.15, 0.2) is 48.9 Å². The molecule has 0 spiro atoms. The SMILES string of the molecule is O=C(C[n+]1ccncc1CO)c1ccccc1. The Balaban J connectivity index is 2.19. The van der Waals surface area contributed by atoms with Crippen molar-refractivity contribution in [2.75, 3.05) is 0 Å². The van der Waals surface area contributed by atoms with Crippen molar-refractivity contribution in [3.05, 3.63) is 60.2 Å². The summed E-state index contributed by atoms with van der Waals surface area (Å²) in [5.74, 6) is 0.0106. The lowest BCUT2D eigenvalue weighted by molar-refractivity contribution is -0.693. The predicted molar refractivity (Wildman–Crippen MR) is 61.1 cm³/mol. The maximum Gasteiger partial charge on any atom is 0.227 e. The van der Waals surface area contributed by atoms with E-state index in [1.807, 2.05) is 18.2 Å². The van der Waals surface area contributed by atoms with E-state index < -0.39 is 0 Å². The highest BCUT2D eigenvalue weighted by Crippen LogP contribution is 2.00.